The van der Waals surface area contributed by atoms with Crippen molar-refractivity contribution < 1.29 is 0 Å². The van der Waals surface area contributed by atoms with E-state index in [0.29, 0.717) is 5.92 Å². The molecule has 0 radical (unpaired) electrons. The summed E-state index contributed by atoms with van der Waals surface area (Å²) in [5.41, 5.74) is 2.66. The quantitative estimate of drug-likeness (QED) is 0.702. The van der Waals surface area contributed by atoms with E-state index in [1.165, 1.54) is 11.3 Å². The molecule has 1 aliphatic rings. The first-order chi connectivity index (χ1) is 7.27. The first kappa shape index (κ1) is 10.0. The molecule has 0 saturated carbocycles. The molecule has 1 aromatic carbocycles. The average molecular weight is 199 g/mol. The lowest BCUT2D eigenvalue weighted by molar-refractivity contribution is 0.866. The van der Waals surface area contributed by atoms with Crippen LogP contribution in [-0.4, -0.2) is 6.54 Å². The first-order valence-electron chi connectivity index (χ1n) is 5.47. The molecule has 15 heavy (non-hydrogen) atoms. The zero-order valence-corrected chi connectivity index (χ0v) is 9.35. The molecule has 1 heterocycles. The summed E-state index contributed by atoms with van der Waals surface area (Å²) in [6.07, 6.45) is 8.43. The summed E-state index contributed by atoms with van der Waals surface area (Å²) in [4.78, 5) is 2.24. The molecule has 0 N–H and O–H groups in total. The van der Waals surface area contributed by atoms with E-state index in [2.05, 4.69) is 67.4 Å². The highest BCUT2D eigenvalue weighted by Gasteiger charge is 2.04. The molecule has 1 nitrogen and oxygen atoms in total. The van der Waals surface area contributed by atoms with Crippen LogP contribution >= 0.6 is 0 Å². The number of nitrogens with zero attached hydrogens (tertiary/aromatic N) is 1. The Morgan fingerprint density at radius 2 is 1.80 bits per heavy atom. The Hall–Kier alpha value is -1.50. The molecule has 0 aromatic heterocycles. The van der Waals surface area contributed by atoms with Crippen LogP contribution in [0.25, 0.3) is 0 Å². The van der Waals surface area contributed by atoms with Crippen LogP contribution < -0.4 is 4.90 Å². The van der Waals surface area contributed by atoms with Crippen molar-refractivity contribution in [2.75, 3.05) is 11.4 Å². The molecule has 1 aliphatic heterocycles. The lowest BCUT2D eigenvalue weighted by Crippen LogP contribution is -2.17. The predicted octanol–water partition coefficient (Wildman–Crippen LogP) is 3.70. The fraction of sp³-hybridized carbons (Fsp3) is 0.286. The van der Waals surface area contributed by atoms with Gasteiger partial charge in [0.15, 0.2) is 0 Å². The van der Waals surface area contributed by atoms with Gasteiger partial charge in [-0.1, -0.05) is 38.1 Å². The largest absolute Gasteiger partial charge is 0.344 e. The van der Waals surface area contributed by atoms with Crippen molar-refractivity contribution in [1.82, 2.24) is 0 Å². The minimum Gasteiger partial charge on any atom is -0.344 e. The molecule has 0 aliphatic carbocycles. The lowest BCUT2D eigenvalue weighted by atomic mass is 10.0. The maximum absolute atomic E-state index is 2.24. The van der Waals surface area contributed by atoms with Gasteiger partial charge < -0.3 is 4.90 Å². The van der Waals surface area contributed by atoms with Gasteiger partial charge in [-0.3, -0.25) is 0 Å². The van der Waals surface area contributed by atoms with E-state index in [1.807, 2.05) is 0 Å². The van der Waals surface area contributed by atoms with Crippen molar-refractivity contribution in [3.05, 3.63) is 54.3 Å². The van der Waals surface area contributed by atoms with Gasteiger partial charge in [0.1, 0.15) is 0 Å². The number of hydrogen-bond acceptors (Lipinski definition) is 1. The number of hydrogen-bond donors (Lipinski definition) is 0. The van der Waals surface area contributed by atoms with Gasteiger partial charge in [-0.05, 0) is 29.7 Å². The van der Waals surface area contributed by atoms with E-state index in [9.17, 15) is 0 Å². The molecule has 0 atom stereocenters. The van der Waals surface area contributed by atoms with E-state index < -0.39 is 0 Å². The third-order valence-corrected chi connectivity index (χ3v) is 2.71. The zero-order valence-electron chi connectivity index (χ0n) is 9.35. The topological polar surface area (TPSA) is 3.24 Å². The summed E-state index contributed by atoms with van der Waals surface area (Å²) in [7, 11) is 0. The second kappa shape index (κ2) is 4.35. The van der Waals surface area contributed by atoms with Gasteiger partial charge in [0.2, 0.25) is 0 Å². The monoisotopic (exact) mass is 199 g/mol. The van der Waals surface area contributed by atoms with Crippen molar-refractivity contribution in [3.63, 3.8) is 0 Å². The molecule has 0 bridgehead atoms. The Morgan fingerprint density at radius 3 is 2.33 bits per heavy atom. The fourth-order valence-electron chi connectivity index (χ4n) is 1.71. The average Bonchev–Trinajstić information content (AvgIpc) is 2.30. The molecule has 78 valence electrons. The van der Waals surface area contributed by atoms with Crippen LogP contribution in [0.2, 0.25) is 0 Å². The van der Waals surface area contributed by atoms with Crippen molar-refractivity contribution in [2.45, 2.75) is 19.8 Å². The predicted molar refractivity (Wildman–Crippen MR) is 66.2 cm³/mol. The van der Waals surface area contributed by atoms with E-state index in [-0.39, 0.29) is 0 Å². The number of allylic oxidation sites excluding steroid dienone is 2. The number of rotatable bonds is 2. The van der Waals surface area contributed by atoms with Crippen molar-refractivity contribution >= 4 is 5.69 Å². The van der Waals surface area contributed by atoms with Gasteiger partial charge in [-0.2, -0.15) is 0 Å². The number of anilines is 1. The Balaban J connectivity index is 2.16. The normalized spacial score (nSPS) is 15.0. The standard InChI is InChI=1S/C14H17N/c1-12(2)13-6-8-14(9-7-13)15-10-4-3-5-11-15/h3-10,12H,11H2,1-2H3. The summed E-state index contributed by atoms with van der Waals surface area (Å²) in [5.74, 6) is 0.607. The van der Waals surface area contributed by atoms with Gasteiger partial charge in [0, 0.05) is 18.4 Å². The molecule has 1 heteroatoms. The number of benzene rings is 1. The molecule has 0 unspecified atom stereocenters. The minimum absolute atomic E-state index is 0.607. The highest BCUT2D eigenvalue weighted by Crippen LogP contribution is 2.21. The maximum Gasteiger partial charge on any atom is 0.0409 e. The van der Waals surface area contributed by atoms with Crippen LogP contribution in [0.3, 0.4) is 0 Å². The highest BCUT2D eigenvalue weighted by molar-refractivity contribution is 5.52. The maximum atomic E-state index is 2.24. The van der Waals surface area contributed by atoms with Gasteiger partial charge >= 0.3 is 0 Å². The second-order valence-corrected chi connectivity index (χ2v) is 4.17. The van der Waals surface area contributed by atoms with Gasteiger partial charge in [-0.15, -0.1) is 0 Å². The van der Waals surface area contributed by atoms with E-state index >= 15 is 0 Å². The molecule has 0 saturated heterocycles. The van der Waals surface area contributed by atoms with Crippen LogP contribution in [0.15, 0.2) is 48.7 Å². The Bertz CT molecular complexity index is 371. The summed E-state index contributed by atoms with van der Waals surface area (Å²) in [6, 6.07) is 8.82. The molecule has 1 aromatic rings. The van der Waals surface area contributed by atoms with Gasteiger partial charge in [0.25, 0.3) is 0 Å². The lowest BCUT2D eigenvalue weighted by Gasteiger charge is -2.21. The summed E-state index contributed by atoms with van der Waals surface area (Å²) in [6.45, 7) is 5.41. The summed E-state index contributed by atoms with van der Waals surface area (Å²) < 4.78 is 0. The molecular formula is C14H17N. The fourth-order valence-corrected chi connectivity index (χ4v) is 1.71. The first-order valence-corrected chi connectivity index (χ1v) is 5.47. The van der Waals surface area contributed by atoms with Crippen LogP contribution in [0, 0.1) is 0 Å². The third kappa shape index (κ3) is 2.30. The van der Waals surface area contributed by atoms with Crippen LogP contribution in [0.1, 0.15) is 25.3 Å². The third-order valence-electron chi connectivity index (χ3n) is 2.71. The molecule has 0 fully saturated rings. The minimum atomic E-state index is 0.607. The van der Waals surface area contributed by atoms with E-state index in [4.69, 9.17) is 0 Å². The Labute approximate surface area is 91.7 Å². The Morgan fingerprint density at radius 1 is 1.07 bits per heavy atom. The molecule has 0 spiro atoms. The Kier molecular flexibility index (Phi) is 2.91. The molecular weight excluding hydrogens is 182 g/mol. The van der Waals surface area contributed by atoms with E-state index in [0.717, 1.165) is 6.54 Å². The summed E-state index contributed by atoms with van der Waals surface area (Å²) >= 11 is 0. The van der Waals surface area contributed by atoms with Crippen molar-refractivity contribution in [1.29, 1.82) is 0 Å². The molecule has 0 amide bonds. The van der Waals surface area contributed by atoms with Gasteiger partial charge in [0.05, 0.1) is 0 Å². The van der Waals surface area contributed by atoms with Crippen LogP contribution in [0.5, 0.6) is 0 Å². The molecule has 2 rings (SSSR count). The zero-order chi connectivity index (χ0) is 10.7. The van der Waals surface area contributed by atoms with E-state index in [1.54, 1.807) is 0 Å². The SMILES string of the molecule is CC(C)c1ccc(N2C=CC=CC2)cc1. The van der Waals surface area contributed by atoms with Gasteiger partial charge in [-0.25, -0.2) is 0 Å². The van der Waals surface area contributed by atoms with Crippen LogP contribution in [0.4, 0.5) is 5.69 Å². The highest BCUT2D eigenvalue weighted by atomic mass is 15.1. The van der Waals surface area contributed by atoms with Crippen molar-refractivity contribution in [3.8, 4) is 0 Å². The summed E-state index contributed by atoms with van der Waals surface area (Å²) in [5, 5.41) is 0. The van der Waals surface area contributed by atoms with Crippen molar-refractivity contribution in [2.24, 2.45) is 0 Å². The second-order valence-electron chi connectivity index (χ2n) is 4.17. The van der Waals surface area contributed by atoms with Crippen LogP contribution in [-0.2, 0) is 0 Å². The smallest absolute Gasteiger partial charge is 0.0409 e.